The van der Waals surface area contributed by atoms with Crippen LogP contribution in [0.2, 0.25) is 19.1 Å². The van der Waals surface area contributed by atoms with Crippen LogP contribution < -0.4 is 0 Å². The second kappa shape index (κ2) is 13.7. The number of carbonyl (C=O) groups is 1. The number of hydrogen-bond donors (Lipinski definition) is 0. The van der Waals surface area contributed by atoms with Gasteiger partial charge in [-0.25, -0.2) is 0 Å². The molecule has 0 aromatic rings. The molecule has 5 heteroatoms. The Kier molecular flexibility index (Phi) is 12.5. The second-order valence-corrected chi connectivity index (χ2v) is 13.2. The molecular formula is C21H44N2O2Si. The lowest BCUT2D eigenvalue weighted by atomic mass is 10.1. The first-order valence-electron chi connectivity index (χ1n) is 11.1. The summed E-state index contributed by atoms with van der Waals surface area (Å²) in [6, 6.07) is 1.44. The maximum absolute atomic E-state index is 11.5. The average molecular weight is 385 g/mol. The minimum absolute atomic E-state index is 0.0562. The highest BCUT2D eigenvalue weighted by Crippen LogP contribution is 2.22. The van der Waals surface area contributed by atoms with Gasteiger partial charge in [0, 0.05) is 32.7 Å². The van der Waals surface area contributed by atoms with Gasteiger partial charge in [0.05, 0.1) is 13.0 Å². The van der Waals surface area contributed by atoms with Gasteiger partial charge in [0.25, 0.3) is 0 Å². The lowest BCUT2D eigenvalue weighted by molar-refractivity contribution is -0.143. The number of esters is 1. The zero-order valence-electron chi connectivity index (χ0n) is 18.0. The van der Waals surface area contributed by atoms with Crippen LogP contribution in [0.25, 0.3) is 0 Å². The molecule has 0 amide bonds. The molecule has 0 radical (unpaired) electrons. The fourth-order valence-electron chi connectivity index (χ4n) is 3.91. The lowest BCUT2D eigenvalue weighted by Crippen LogP contribution is -2.57. The molecule has 0 aliphatic carbocycles. The minimum atomic E-state index is -1.26. The fourth-order valence-corrected chi connectivity index (χ4v) is 6.75. The van der Waals surface area contributed by atoms with Gasteiger partial charge in [0.1, 0.15) is 8.24 Å². The van der Waals surface area contributed by atoms with Crippen molar-refractivity contribution in [2.75, 3.05) is 39.3 Å². The zero-order chi connectivity index (χ0) is 19.3. The Hall–Kier alpha value is -0.393. The Morgan fingerprint density at radius 3 is 2.04 bits per heavy atom. The van der Waals surface area contributed by atoms with Crippen LogP contribution >= 0.6 is 0 Å². The van der Waals surface area contributed by atoms with E-state index in [1.165, 1.54) is 70.5 Å². The molecule has 4 nitrogen and oxygen atoms in total. The monoisotopic (exact) mass is 384 g/mol. The largest absolute Gasteiger partial charge is 0.466 e. The molecule has 0 unspecified atom stereocenters. The highest BCUT2D eigenvalue weighted by Gasteiger charge is 2.31. The maximum atomic E-state index is 11.5. The molecular weight excluding hydrogens is 340 g/mol. The van der Waals surface area contributed by atoms with Crippen molar-refractivity contribution < 1.29 is 9.53 Å². The van der Waals surface area contributed by atoms with Crippen molar-refractivity contribution in [1.29, 1.82) is 0 Å². The predicted molar refractivity (Wildman–Crippen MR) is 114 cm³/mol. The van der Waals surface area contributed by atoms with Gasteiger partial charge in [-0.3, -0.25) is 4.79 Å². The Bertz CT molecular complexity index is 369. The van der Waals surface area contributed by atoms with Crippen LogP contribution in [0.3, 0.4) is 0 Å². The topological polar surface area (TPSA) is 32.8 Å². The summed E-state index contributed by atoms with van der Waals surface area (Å²) in [4.78, 5) is 13.9. The van der Waals surface area contributed by atoms with Crippen LogP contribution in [-0.2, 0) is 9.53 Å². The van der Waals surface area contributed by atoms with Crippen molar-refractivity contribution in [3.63, 3.8) is 0 Å². The number of piperazine rings is 1. The first-order chi connectivity index (χ1) is 12.5. The molecule has 1 aliphatic heterocycles. The highest BCUT2D eigenvalue weighted by molar-refractivity contribution is 6.74. The molecule has 1 saturated heterocycles. The van der Waals surface area contributed by atoms with E-state index in [4.69, 9.17) is 4.74 Å². The van der Waals surface area contributed by atoms with E-state index in [0.717, 1.165) is 19.6 Å². The smallest absolute Gasteiger partial charge is 0.307 e. The standard InChI is InChI=1S/C21H44N2O2Si/c1-5-7-8-9-10-11-12-13-20-26(3,4)23-18-16-22(17-19-23)15-14-21(24)25-6-2/h5-20H2,1-4H3. The van der Waals surface area contributed by atoms with Gasteiger partial charge < -0.3 is 14.2 Å². The summed E-state index contributed by atoms with van der Waals surface area (Å²) in [5.74, 6) is -0.0562. The van der Waals surface area contributed by atoms with Crippen LogP contribution in [0.5, 0.6) is 0 Å². The highest BCUT2D eigenvalue weighted by atomic mass is 28.3. The van der Waals surface area contributed by atoms with Crippen molar-refractivity contribution in [2.24, 2.45) is 0 Å². The van der Waals surface area contributed by atoms with Gasteiger partial charge in [0.15, 0.2) is 0 Å². The van der Waals surface area contributed by atoms with Gasteiger partial charge in [-0.1, -0.05) is 71.4 Å². The Balaban J connectivity index is 2.12. The Morgan fingerprint density at radius 1 is 0.885 bits per heavy atom. The van der Waals surface area contributed by atoms with E-state index >= 15 is 0 Å². The SMILES string of the molecule is CCCCCCCCCC[Si](C)(C)N1CCN(CCC(=O)OCC)CC1. The Morgan fingerprint density at radius 2 is 1.46 bits per heavy atom. The molecule has 0 aromatic carbocycles. The van der Waals surface area contributed by atoms with Gasteiger partial charge in [-0.15, -0.1) is 0 Å². The fraction of sp³-hybridized carbons (Fsp3) is 0.952. The van der Waals surface area contributed by atoms with Gasteiger partial charge in [-0.05, 0) is 13.0 Å². The summed E-state index contributed by atoms with van der Waals surface area (Å²) in [6.07, 6.45) is 11.8. The maximum Gasteiger partial charge on any atom is 0.307 e. The predicted octanol–water partition coefficient (Wildman–Crippen LogP) is 4.90. The molecule has 0 aromatic heterocycles. The number of nitrogens with zero attached hydrogens (tertiary/aromatic N) is 2. The third-order valence-corrected chi connectivity index (χ3v) is 9.54. The van der Waals surface area contributed by atoms with Crippen LogP contribution in [0, 0.1) is 0 Å². The van der Waals surface area contributed by atoms with Gasteiger partial charge >= 0.3 is 5.97 Å². The van der Waals surface area contributed by atoms with E-state index in [-0.39, 0.29) is 5.97 Å². The van der Waals surface area contributed by atoms with Crippen molar-refractivity contribution in [1.82, 2.24) is 9.47 Å². The van der Waals surface area contributed by atoms with E-state index in [9.17, 15) is 4.79 Å². The van der Waals surface area contributed by atoms with Crippen molar-refractivity contribution in [2.45, 2.75) is 90.8 Å². The van der Waals surface area contributed by atoms with Crippen LogP contribution in [-0.4, -0.2) is 63.0 Å². The Labute approximate surface area is 163 Å². The molecule has 0 saturated carbocycles. The number of hydrogen-bond acceptors (Lipinski definition) is 4. The first kappa shape index (κ1) is 23.6. The molecule has 1 heterocycles. The van der Waals surface area contributed by atoms with Gasteiger partial charge in [-0.2, -0.15) is 0 Å². The first-order valence-corrected chi connectivity index (χ1v) is 14.3. The van der Waals surface area contributed by atoms with E-state index in [2.05, 4.69) is 29.5 Å². The van der Waals surface area contributed by atoms with E-state index in [1.54, 1.807) is 0 Å². The summed E-state index contributed by atoms with van der Waals surface area (Å²) < 4.78 is 7.82. The van der Waals surface area contributed by atoms with Gasteiger partial charge in [0.2, 0.25) is 0 Å². The van der Waals surface area contributed by atoms with E-state index in [0.29, 0.717) is 13.0 Å². The summed E-state index contributed by atoms with van der Waals surface area (Å²) in [7, 11) is -1.26. The summed E-state index contributed by atoms with van der Waals surface area (Å²) in [5, 5.41) is 0. The summed E-state index contributed by atoms with van der Waals surface area (Å²) >= 11 is 0. The van der Waals surface area contributed by atoms with E-state index in [1.807, 2.05) is 6.92 Å². The molecule has 1 fully saturated rings. The number of rotatable bonds is 14. The van der Waals surface area contributed by atoms with Crippen LogP contribution in [0.15, 0.2) is 0 Å². The van der Waals surface area contributed by atoms with Crippen molar-refractivity contribution in [3.8, 4) is 0 Å². The summed E-state index contributed by atoms with van der Waals surface area (Å²) in [5.41, 5.74) is 0. The third kappa shape index (κ3) is 10.1. The molecule has 0 spiro atoms. The average Bonchev–Trinajstić information content (AvgIpc) is 2.63. The normalized spacial score (nSPS) is 16.8. The van der Waals surface area contributed by atoms with E-state index < -0.39 is 8.24 Å². The molecule has 0 N–H and O–H groups in total. The lowest BCUT2D eigenvalue weighted by Gasteiger charge is -2.43. The molecule has 26 heavy (non-hydrogen) atoms. The molecule has 0 bridgehead atoms. The van der Waals surface area contributed by atoms with Crippen LogP contribution in [0.4, 0.5) is 0 Å². The molecule has 154 valence electrons. The number of carbonyl (C=O) groups excluding carboxylic acids is 1. The minimum Gasteiger partial charge on any atom is -0.466 e. The molecule has 1 aliphatic rings. The van der Waals surface area contributed by atoms with Crippen LogP contribution in [0.1, 0.15) is 71.6 Å². The second-order valence-electron chi connectivity index (χ2n) is 8.42. The quantitative estimate of drug-likeness (QED) is 0.242. The van der Waals surface area contributed by atoms with Crippen molar-refractivity contribution >= 4 is 14.2 Å². The molecule has 0 atom stereocenters. The number of unbranched alkanes of at least 4 members (excludes halogenated alkanes) is 7. The zero-order valence-corrected chi connectivity index (χ0v) is 19.0. The molecule has 1 rings (SSSR count). The third-order valence-electron chi connectivity index (χ3n) is 5.81. The van der Waals surface area contributed by atoms with Crippen molar-refractivity contribution in [3.05, 3.63) is 0 Å². The summed E-state index contributed by atoms with van der Waals surface area (Å²) in [6.45, 7) is 15.2. The number of ether oxygens (including phenoxy) is 1.